The molecule has 1 heterocycles. The molecule has 2 rings (SSSR count). The van der Waals surface area contributed by atoms with Gasteiger partial charge in [-0.25, -0.2) is 4.39 Å². The van der Waals surface area contributed by atoms with Gasteiger partial charge in [-0.3, -0.25) is 14.6 Å². The van der Waals surface area contributed by atoms with Gasteiger partial charge in [-0.2, -0.15) is 0 Å². The number of carbonyl (C=O) groups is 2. The van der Waals surface area contributed by atoms with Crippen molar-refractivity contribution in [3.63, 3.8) is 0 Å². The Morgan fingerprint density at radius 2 is 2.12 bits per heavy atom. The minimum atomic E-state index is -0.510. The van der Waals surface area contributed by atoms with Crippen molar-refractivity contribution in [2.75, 3.05) is 13.2 Å². The summed E-state index contributed by atoms with van der Waals surface area (Å²) in [7, 11) is 0. The summed E-state index contributed by atoms with van der Waals surface area (Å²) in [6.45, 7) is 2.44. The molecule has 0 aliphatic rings. The maximum atomic E-state index is 13.6. The SMILES string of the molecule is CCOC(=O)CCN(Cc1cccnc1)C(=O)c1cc(F)cc(Br)c1. The molecular weight excluding hydrogens is 391 g/mol. The fraction of sp³-hybridized carbons (Fsp3) is 0.278. The topological polar surface area (TPSA) is 59.5 Å². The summed E-state index contributed by atoms with van der Waals surface area (Å²) in [6.07, 6.45) is 3.35. The molecule has 25 heavy (non-hydrogen) atoms. The highest BCUT2D eigenvalue weighted by atomic mass is 79.9. The molecule has 0 aliphatic heterocycles. The third kappa shape index (κ3) is 5.94. The number of ether oxygens (including phenoxy) is 1. The summed E-state index contributed by atoms with van der Waals surface area (Å²) < 4.78 is 19.0. The molecule has 0 atom stereocenters. The molecule has 1 amide bonds. The van der Waals surface area contributed by atoms with Crippen LogP contribution in [-0.4, -0.2) is 34.9 Å². The number of benzene rings is 1. The standard InChI is InChI=1S/C18H18BrFN2O3/c1-2-25-17(23)5-7-22(12-13-4-3-6-21-11-13)18(24)14-8-15(19)10-16(20)9-14/h3-4,6,8-11H,2,5,7,12H2,1H3. The van der Waals surface area contributed by atoms with E-state index in [9.17, 15) is 14.0 Å². The molecule has 0 aliphatic carbocycles. The number of nitrogens with zero attached hydrogens (tertiary/aromatic N) is 2. The van der Waals surface area contributed by atoms with Crippen molar-refractivity contribution in [1.29, 1.82) is 0 Å². The van der Waals surface area contributed by atoms with Crippen LogP contribution in [0, 0.1) is 5.82 Å². The quantitative estimate of drug-likeness (QED) is 0.656. The fourth-order valence-corrected chi connectivity index (χ4v) is 2.75. The number of pyridine rings is 1. The molecule has 1 aromatic carbocycles. The number of aromatic nitrogens is 1. The molecule has 7 heteroatoms. The summed E-state index contributed by atoms with van der Waals surface area (Å²) >= 11 is 3.19. The first-order chi connectivity index (χ1) is 12.0. The van der Waals surface area contributed by atoms with Crippen LogP contribution < -0.4 is 0 Å². The van der Waals surface area contributed by atoms with Crippen LogP contribution >= 0.6 is 15.9 Å². The van der Waals surface area contributed by atoms with Gasteiger partial charge in [-0.15, -0.1) is 0 Å². The lowest BCUT2D eigenvalue weighted by molar-refractivity contribution is -0.143. The van der Waals surface area contributed by atoms with Crippen LogP contribution in [0.5, 0.6) is 0 Å². The van der Waals surface area contributed by atoms with Crippen LogP contribution in [0.2, 0.25) is 0 Å². The third-order valence-electron chi connectivity index (χ3n) is 3.38. The first-order valence-corrected chi connectivity index (χ1v) is 8.58. The van der Waals surface area contributed by atoms with Crippen molar-refractivity contribution in [3.8, 4) is 0 Å². The molecule has 0 fully saturated rings. The number of hydrogen-bond donors (Lipinski definition) is 0. The Morgan fingerprint density at radius 3 is 2.76 bits per heavy atom. The van der Waals surface area contributed by atoms with Crippen molar-refractivity contribution in [2.24, 2.45) is 0 Å². The zero-order valence-corrected chi connectivity index (χ0v) is 15.3. The van der Waals surface area contributed by atoms with E-state index in [1.807, 2.05) is 6.07 Å². The Labute approximate surface area is 153 Å². The average Bonchev–Trinajstić information content (AvgIpc) is 2.58. The molecule has 0 spiro atoms. The van der Waals surface area contributed by atoms with E-state index < -0.39 is 5.82 Å². The Morgan fingerprint density at radius 1 is 1.32 bits per heavy atom. The van der Waals surface area contributed by atoms with E-state index in [0.29, 0.717) is 4.47 Å². The van der Waals surface area contributed by atoms with E-state index in [0.717, 1.165) is 5.56 Å². The highest BCUT2D eigenvalue weighted by Crippen LogP contribution is 2.18. The van der Waals surface area contributed by atoms with Crippen LogP contribution in [0.15, 0.2) is 47.2 Å². The molecule has 0 N–H and O–H groups in total. The van der Waals surface area contributed by atoms with Crippen molar-refractivity contribution >= 4 is 27.8 Å². The lowest BCUT2D eigenvalue weighted by Crippen LogP contribution is -2.33. The predicted octanol–water partition coefficient (Wildman–Crippen LogP) is 3.58. The Balaban J connectivity index is 2.19. The van der Waals surface area contributed by atoms with Crippen LogP contribution in [-0.2, 0) is 16.1 Å². The van der Waals surface area contributed by atoms with E-state index in [-0.39, 0.29) is 43.6 Å². The van der Waals surface area contributed by atoms with E-state index >= 15 is 0 Å². The average molecular weight is 409 g/mol. The minimum absolute atomic E-state index is 0.0658. The van der Waals surface area contributed by atoms with Crippen molar-refractivity contribution in [2.45, 2.75) is 19.9 Å². The van der Waals surface area contributed by atoms with Crippen LogP contribution in [0.3, 0.4) is 0 Å². The number of esters is 1. The lowest BCUT2D eigenvalue weighted by Gasteiger charge is -2.22. The monoisotopic (exact) mass is 408 g/mol. The molecular formula is C18H18BrFN2O3. The van der Waals surface area contributed by atoms with E-state index in [1.165, 1.54) is 17.0 Å². The van der Waals surface area contributed by atoms with Crippen LogP contribution in [0.25, 0.3) is 0 Å². The molecule has 132 valence electrons. The van der Waals surface area contributed by atoms with Crippen molar-refractivity contribution in [1.82, 2.24) is 9.88 Å². The first kappa shape index (κ1) is 19.1. The van der Waals surface area contributed by atoms with Crippen molar-refractivity contribution < 1.29 is 18.7 Å². The van der Waals surface area contributed by atoms with Gasteiger partial charge < -0.3 is 9.64 Å². The lowest BCUT2D eigenvalue weighted by atomic mass is 10.1. The number of rotatable bonds is 7. The summed E-state index contributed by atoms with van der Waals surface area (Å²) in [4.78, 5) is 29.9. The van der Waals surface area contributed by atoms with E-state index in [4.69, 9.17) is 4.74 Å². The zero-order valence-electron chi connectivity index (χ0n) is 13.7. The van der Waals surface area contributed by atoms with Gasteiger partial charge in [0.2, 0.25) is 0 Å². The second kappa shape index (κ2) is 9.27. The summed E-state index contributed by atoms with van der Waals surface area (Å²) in [5, 5.41) is 0. The van der Waals surface area contributed by atoms with Gasteiger partial charge in [-0.1, -0.05) is 22.0 Å². The van der Waals surface area contributed by atoms with Gasteiger partial charge in [0.1, 0.15) is 5.82 Å². The molecule has 0 bridgehead atoms. The predicted molar refractivity (Wildman–Crippen MR) is 94.3 cm³/mol. The van der Waals surface area contributed by atoms with Gasteiger partial charge in [-0.05, 0) is 36.8 Å². The van der Waals surface area contributed by atoms with Crippen LogP contribution in [0.1, 0.15) is 29.3 Å². The second-order valence-corrected chi connectivity index (χ2v) is 6.22. The third-order valence-corrected chi connectivity index (χ3v) is 3.84. The van der Waals surface area contributed by atoms with Gasteiger partial charge in [0.25, 0.3) is 5.91 Å². The molecule has 0 saturated carbocycles. The van der Waals surface area contributed by atoms with E-state index in [2.05, 4.69) is 20.9 Å². The highest BCUT2D eigenvalue weighted by molar-refractivity contribution is 9.10. The Hall–Kier alpha value is -2.28. The summed E-state index contributed by atoms with van der Waals surface area (Å²) in [5.74, 6) is -1.26. The second-order valence-electron chi connectivity index (χ2n) is 5.30. The smallest absolute Gasteiger partial charge is 0.307 e. The van der Waals surface area contributed by atoms with Crippen LogP contribution in [0.4, 0.5) is 4.39 Å². The summed E-state index contributed by atoms with van der Waals surface area (Å²) in [5.41, 5.74) is 1.02. The molecule has 0 unspecified atom stereocenters. The Kier molecular flexibility index (Phi) is 7.06. The summed E-state index contributed by atoms with van der Waals surface area (Å²) in [6, 6.07) is 7.60. The molecule has 0 radical (unpaired) electrons. The fourth-order valence-electron chi connectivity index (χ4n) is 2.28. The number of hydrogen-bond acceptors (Lipinski definition) is 4. The molecule has 1 aromatic heterocycles. The minimum Gasteiger partial charge on any atom is -0.466 e. The molecule has 0 saturated heterocycles. The highest BCUT2D eigenvalue weighted by Gasteiger charge is 2.19. The number of halogens is 2. The van der Waals surface area contributed by atoms with Crippen molar-refractivity contribution in [3.05, 3.63) is 64.1 Å². The maximum absolute atomic E-state index is 13.6. The number of amides is 1. The van der Waals surface area contributed by atoms with Gasteiger partial charge in [0.15, 0.2) is 0 Å². The first-order valence-electron chi connectivity index (χ1n) is 7.79. The number of carbonyl (C=O) groups excluding carboxylic acids is 2. The maximum Gasteiger partial charge on any atom is 0.307 e. The van der Waals surface area contributed by atoms with Gasteiger partial charge >= 0.3 is 5.97 Å². The molecule has 5 nitrogen and oxygen atoms in total. The normalized spacial score (nSPS) is 10.4. The largest absolute Gasteiger partial charge is 0.466 e. The zero-order chi connectivity index (χ0) is 18.2. The van der Waals surface area contributed by atoms with Gasteiger partial charge in [0, 0.05) is 35.5 Å². The van der Waals surface area contributed by atoms with Gasteiger partial charge in [0.05, 0.1) is 13.0 Å². The van der Waals surface area contributed by atoms with E-state index in [1.54, 1.807) is 31.5 Å². The Bertz CT molecular complexity index is 720. The molecule has 2 aromatic rings.